The maximum Gasteiger partial charge on any atom is 0.181 e. The van der Waals surface area contributed by atoms with E-state index in [9.17, 15) is 0 Å². The molecule has 9 aromatic rings. The zero-order valence-electron chi connectivity index (χ0n) is 38.2. The van der Waals surface area contributed by atoms with Gasteiger partial charge in [-0.05, 0) is 130 Å². The molecule has 0 spiro atoms. The van der Waals surface area contributed by atoms with Gasteiger partial charge in [0.1, 0.15) is 0 Å². The summed E-state index contributed by atoms with van der Waals surface area (Å²) in [6.45, 7) is 9.51. The second kappa shape index (κ2) is 22.7. The molecule has 0 aliphatic carbocycles. The van der Waals surface area contributed by atoms with E-state index in [1.165, 1.54) is 169 Å². The quantitative estimate of drug-likeness (QED) is 0.0418. The van der Waals surface area contributed by atoms with Crippen LogP contribution in [0.25, 0.3) is 58.5 Å². The zero-order valence-corrected chi connectivity index (χ0v) is 46.5. The number of hydrogen-bond acceptors (Lipinski definition) is 9. The van der Waals surface area contributed by atoms with Crippen molar-refractivity contribution in [3.05, 3.63) is 124 Å². The van der Waals surface area contributed by atoms with Crippen LogP contribution in [0.15, 0.2) is 109 Å². The van der Waals surface area contributed by atoms with Crippen molar-refractivity contribution in [1.82, 2.24) is 0 Å². The summed E-state index contributed by atoms with van der Waals surface area (Å²) in [5.74, 6) is 0. The van der Waals surface area contributed by atoms with Crippen LogP contribution < -0.4 is 13.5 Å². The third kappa shape index (κ3) is 11.4. The summed E-state index contributed by atoms with van der Waals surface area (Å²) in [7, 11) is -2.36. The van der Waals surface area contributed by atoms with E-state index in [1.54, 1.807) is 13.5 Å². The standard InChI is InChI=1S/C55H60S9Si/c1-5-8-11-14-17-38-20-23-41(56-38)44-26-29-47(59-44)50-32-35-53(62-50)65(4,54-36-33-51(63-54)48-30-27-45(60-48)42-24-21-39(57-42)18-15-12-9-6-2)55-37-34-52(64-55)49-31-28-46(61-49)43-25-22-40(58-43)19-16-13-10-7-3/h20-37H,5-19H2,1-4H3. The molecule has 0 radical (unpaired) electrons. The summed E-state index contributed by atoms with van der Waals surface area (Å²) in [6.07, 6.45) is 19.4. The average molecular weight is 1040 g/mol. The molecule has 9 heterocycles. The van der Waals surface area contributed by atoms with E-state index in [1.807, 2.05) is 102 Å². The minimum atomic E-state index is -2.36. The summed E-state index contributed by atoms with van der Waals surface area (Å²) in [5, 5.41) is 0. The van der Waals surface area contributed by atoms with Gasteiger partial charge in [-0.2, -0.15) is 0 Å². The summed E-state index contributed by atoms with van der Waals surface area (Å²) in [4.78, 5) is 21.3. The van der Waals surface area contributed by atoms with Gasteiger partial charge in [-0.15, -0.1) is 102 Å². The lowest BCUT2D eigenvalue weighted by molar-refractivity contribution is 0.670. The minimum absolute atomic E-state index is 1.21. The molecule has 9 rings (SSSR count). The molecule has 0 aliphatic rings. The van der Waals surface area contributed by atoms with Crippen LogP contribution in [0.5, 0.6) is 0 Å². The fourth-order valence-electron chi connectivity index (χ4n) is 8.50. The van der Waals surface area contributed by atoms with E-state index in [0.29, 0.717) is 0 Å². The Hall–Kier alpha value is -2.48. The Labute approximate surface area is 425 Å². The van der Waals surface area contributed by atoms with Crippen molar-refractivity contribution >= 4 is 124 Å². The van der Waals surface area contributed by atoms with E-state index >= 15 is 0 Å². The van der Waals surface area contributed by atoms with Crippen molar-refractivity contribution in [3.8, 4) is 58.5 Å². The Morgan fingerprint density at radius 1 is 0.262 bits per heavy atom. The highest BCUT2D eigenvalue weighted by Crippen LogP contribution is 2.43. The van der Waals surface area contributed by atoms with Gasteiger partial charge in [-0.1, -0.05) is 103 Å². The topological polar surface area (TPSA) is 0 Å². The van der Waals surface area contributed by atoms with Crippen LogP contribution in [0.3, 0.4) is 0 Å². The lowest BCUT2D eigenvalue weighted by Crippen LogP contribution is -2.61. The number of hydrogen-bond donors (Lipinski definition) is 0. The molecule has 0 bridgehead atoms. The molecule has 0 aromatic carbocycles. The van der Waals surface area contributed by atoms with E-state index in [2.05, 4.69) is 137 Å². The Morgan fingerprint density at radius 3 is 0.769 bits per heavy atom. The molecule has 0 atom stereocenters. The number of rotatable bonds is 24. The predicted octanol–water partition coefficient (Wildman–Crippen LogP) is 19.7. The van der Waals surface area contributed by atoms with Crippen LogP contribution in [0.4, 0.5) is 0 Å². The maximum absolute atomic E-state index is 2.63. The molecule has 0 N–H and O–H groups in total. The van der Waals surface area contributed by atoms with Crippen molar-refractivity contribution in [3.63, 3.8) is 0 Å². The molecule has 0 unspecified atom stereocenters. The van der Waals surface area contributed by atoms with E-state index in [0.717, 1.165) is 0 Å². The fraction of sp³-hybridized carbons (Fsp3) is 0.345. The van der Waals surface area contributed by atoms with Crippen molar-refractivity contribution < 1.29 is 0 Å². The van der Waals surface area contributed by atoms with Crippen LogP contribution in [-0.2, 0) is 19.3 Å². The molecule has 9 aromatic heterocycles. The highest BCUT2D eigenvalue weighted by molar-refractivity contribution is 7.48. The molecule has 0 aliphatic heterocycles. The third-order valence-electron chi connectivity index (χ3n) is 12.4. The minimum Gasteiger partial charge on any atom is -0.143 e. The van der Waals surface area contributed by atoms with Crippen LogP contribution in [0, 0.1) is 0 Å². The van der Waals surface area contributed by atoms with Crippen molar-refractivity contribution in [1.29, 1.82) is 0 Å². The Bertz CT molecular complexity index is 2550. The maximum atomic E-state index is 2.63. The molecule has 0 amide bonds. The number of thiophene rings is 9. The number of unbranched alkanes of at least 4 members (excludes halogenated alkanes) is 9. The molecule has 338 valence electrons. The van der Waals surface area contributed by atoms with Crippen LogP contribution in [-0.4, -0.2) is 8.07 Å². The average Bonchev–Trinajstić information content (AvgIpc) is 4.17. The van der Waals surface area contributed by atoms with E-state index in [4.69, 9.17) is 0 Å². The molecule has 0 saturated carbocycles. The second-order valence-corrected chi connectivity index (χ2v) is 32.3. The van der Waals surface area contributed by atoms with Crippen molar-refractivity contribution in [2.75, 3.05) is 0 Å². The monoisotopic (exact) mass is 1040 g/mol. The van der Waals surface area contributed by atoms with Gasteiger partial charge >= 0.3 is 0 Å². The van der Waals surface area contributed by atoms with Crippen LogP contribution in [0.2, 0.25) is 6.55 Å². The molecule has 10 heteroatoms. The fourth-order valence-corrected chi connectivity index (χ4v) is 25.5. The first kappa shape index (κ1) is 47.6. The molecule has 65 heavy (non-hydrogen) atoms. The lowest BCUT2D eigenvalue weighted by atomic mass is 10.1. The first-order chi connectivity index (χ1) is 31.9. The highest BCUT2D eigenvalue weighted by Gasteiger charge is 2.39. The first-order valence-corrected chi connectivity index (χ1v) is 33.7. The second-order valence-electron chi connectivity index (χ2n) is 17.3. The van der Waals surface area contributed by atoms with Crippen LogP contribution >= 0.6 is 102 Å². The van der Waals surface area contributed by atoms with Gasteiger partial charge in [0.2, 0.25) is 0 Å². The van der Waals surface area contributed by atoms with Gasteiger partial charge in [-0.25, -0.2) is 0 Å². The summed E-state index contributed by atoms with van der Waals surface area (Å²) >= 11 is 18.0. The van der Waals surface area contributed by atoms with E-state index in [-0.39, 0.29) is 0 Å². The van der Waals surface area contributed by atoms with Gasteiger partial charge in [0.05, 0.1) is 0 Å². The molecule has 0 fully saturated rings. The molecular weight excluding hydrogens is 977 g/mol. The first-order valence-electron chi connectivity index (χ1n) is 23.8. The third-order valence-corrected chi connectivity index (χ3v) is 31.0. The smallest absolute Gasteiger partial charge is 0.143 e. The Balaban J connectivity index is 0.989. The Kier molecular flexibility index (Phi) is 16.7. The normalized spacial score (nSPS) is 12.0. The molecular formula is C55H60S9Si. The summed E-state index contributed by atoms with van der Waals surface area (Å²) in [5.41, 5.74) is 0. The summed E-state index contributed by atoms with van der Waals surface area (Å²) < 4.78 is 4.63. The lowest BCUT2D eigenvalue weighted by Gasteiger charge is -2.24. The van der Waals surface area contributed by atoms with Crippen LogP contribution in [0.1, 0.15) is 112 Å². The van der Waals surface area contributed by atoms with Crippen molar-refractivity contribution in [2.24, 2.45) is 0 Å². The van der Waals surface area contributed by atoms with Gasteiger partial charge in [-0.3, -0.25) is 0 Å². The van der Waals surface area contributed by atoms with Gasteiger partial charge in [0.25, 0.3) is 0 Å². The molecule has 0 saturated heterocycles. The van der Waals surface area contributed by atoms with Gasteiger partial charge in [0.15, 0.2) is 8.07 Å². The Morgan fingerprint density at radius 2 is 0.492 bits per heavy atom. The van der Waals surface area contributed by atoms with E-state index < -0.39 is 8.07 Å². The summed E-state index contributed by atoms with van der Waals surface area (Å²) in [6, 6.07) is 43.1. The van der Waals surface area contributed by atoms with Crippen molar-refractivity contribution in [2.45, 2.75) is 124 Å². The SMILES string of the molecule is CCCCCCc1ccc(-c2ccc(-c3ccc([Si](C)(c4ccc(-c5ccc(-c6ccc(CCCCCC)s6)s5)s4)c4ccc(-c5ccc(-c6ccc(CCCCCC)s6)s5)s4)s3)s2)s1. The number of aryl methyl sites for hydroxylation is 3. The molecule has 0 nitrogen and oxygen atoms in total. The highest BCUT2D eigenvalue weighted by atomic mass is 32.1. The largest absolute Gasteiger partial charge is 0.181 e. The zero-order chi connectivity index (χ0) is 44.6. The van der Waals surface area contributed by atoms with Gasteiger partial charge in [0, 0.05) is 86.7 Å². The predicted molar refractivity (Wildman–Crippen MR) is 307 cm³/mol. The van der Waals surface area contributed by atoms with Gasteiger partial charge < -0.3 is 0 Å².